The zero-order chi connectivity index (χ0) is 16.8. The Bertz CT molecular complexity index is 669. The fourth-order valence-corrected chi connectivity index (χ4v) is 3.04. The number of nitrogens with zero attached hydrogens (tertiary/aromatic N) is 3. The van der Waals surface area contributed by atoms with Crippen molar-refractivity contribution in [3.8, 4) is 11.3 Å². The first-order valence-corrected chi connectivity index (χ1v) is 8.25. The Kier molecular flexibility index (Phi) is 5.48. The van der Waals surface area contributed by atoms with Crippen LogP contribution >= 0.6 is 0 Å². The molecule has 0 radical (unpaired) electrons. The SMILES string of the molecule is CN=C(NCc1cc(-c2ccccc2)no1)N1CCC(COC)C1. The molecule has 1 unspecified atom stereocenters. The lowest BCUT2D eigenvalue weighted by atomic mass is 10.1. The van der Waals surface area contributed by atoms with Crippen molar-refractivity contribution in [1.29, 1.82) is 0 Å². The molecule has 128 valence electrons. The second kappa shape index (κ2) is 7.97. The topological polar surface area (TPSA) is 62.9 Å². The highest BCUT2D eigenvalue weighted by Crippen LogP contribution is 2.19. The standard InChI is InChI=1S/C18H24N4O2/c1-19-18(22-9-8-14(12-22)13-23-2)20-11-16-10-17(21-24-16)15-6-4-3-5-7-15/h3-7,10,14H,8-9,11-13H2,1-2H3,(H,19,20). The summed E-state index contributed by atoms with van der Waals surface area (Å²) in [7, 11) is 3.56. The van der Waals surface area contributed by atoms with Gasteiger partial charge in [0, 0.05) is 44.8 Å². The van der Waals surface area contributed by atoms with Crippen LogP contribution in [0.25, 0.3) is 11.3 Å². The molecule has 1 N–H and O–H groups in total. The van der Waals surface area contributed by atoms with Crippen LogP contribution in [0.3, 0.4) is 0 Å². The minimum absolute atomic E-state index is 0.567. The number of hydrogen-bond donors (Lipinski definition) is 1. The molecular formula is C18H24N4O2. The molecule has 1 fully saturated rings. The van der Waals surface area contributed by atoms with Crippen LogP contribution in [-0.4, -0.2) is 49.9 Å². The van der Waals surface area contributed by atoms with E-state index in [1.165, 1.54) is 0 Å². The van der Waals surface area contributed by atoms with Crippen molar-refractivity contribution in [1.82, 2.24) is 15.4 Å². The van der Waals surface area contributed by atoms with Gasteiger partial charge in [-0.3, -0.25) is 4.99 Å². The number of aliphatic imine (C=N–C) groups is 1. The van der Waals surface area contributed by atoms with E-state index in [0.29, 0.717) is 12.5 Å². The summed E-state index contributed by atoms with van der Waals surface area (Å²) < 4.78 is 10.7. The van der Waals surface area contributed by atoms with Crippen LogP contribution in [0.15, 0.2) is 45.9 Å². The number of guanidine groups is 1. The first-order valence-electron chi connectivity index (χ1n) is 8.25. The van der Waals surface area contributed by atoms with Crippen molar-refractivity contribution in [3.63, 3.8) is 0 Å². The number of ether oxygens (including phenoxy) is 1. The monoisotopic (exact) mass is 328 g/mol. The van der Waals surface area contributed by atoms with Gasteiger partial charge in [-0.25, -0.2) is 0 Å². The molecule has 1 aromatic heterocycles. The van der Waals surface area contributed by atoms with E-state index in [-0.39, 0.29) is 0 Å². The molecule has 1 aliphatic rings. The van der Waals surface area contributed by atoms with Crippen LogP contribution in [0.1, 0.15) is 12.2 Å². The van der Waals surface area contributed by atoms with Crippen LogP contribution < -0.4 is 5.32 Å². The molecule has 0 bridgehead atoms. The molecule has 1 aliphatic heterocycles. The van der Waals surface area contributed by atoms with Crippen molar-refractivity contribution in [2.75, 3.05) is 33.9 Å². The van der Waals surface area contributed by atoms with Gasteiger partial charge in [-0.2, -0.15) is 0 Å². The molecule has 2 aromatic rings. The zero-order valence-corrected chi connectivity index (χ0v) is 14.2. The minimum Gasteiger partial charge on any atom is -0.384 e. The van der Waals surface area contributed by atoms with E-state index in [1.54, 1.807) is 7.11 Å². The van der Waals surface area contributed by atoms with Crippen molar-refractivity contribution < 1.29 is 9.26 Å². The fourth-order valence-electron chi connectivity index (χ4n) is 3.04. The van der Waals surface area contributed by atoms with E-state index in [4.69, 9.17) is 9.26 Å². The van der Waals surface area contributed by atoms with Crippen LogP contribution in [0, 0.1) is 5.92 Å². The van der Waals surface area contributed by atoms with Gasteiger partial charge in [-0.15, -0.1) is 0 Å². The molecule has 0 amide bonds. The van der Waals surface area contributed by atoms with Gasteiger partial charge >= 0.3 is 0 Å². The second-order valence-electron chi connectivity index (χ2n) is 6.00. The summed E-state index contributed by atoms with van der Waals surface area (Å²) in [5, 5.41) is 7.50. The Balaban J connectivity index is 1.56. The molecule has 6 heteroatoms. The van der Waals surface area contributed by atoms with Crippen LogP contribution in [0.4, 0.5) is 0 Å². The quantitative estimate of drug-likeness (QED) is 0.674. The van der Waals surface area contributed by atoms with E-state index in [1.807, 2.05) is 43.4 Å². The summed E-state index contributed by atoms with van der Waals surface area (Å²) in [4.78, 5) is 6.64. The maximum absolute atomic E-state index is 5.43. The van der Waals surface area contributed by atoms with Crippen molar-refractivity contribution in [2.24, 2.45) is 10.9 Å². The van der Waals surface area contributed by atoms with Gasteiger partial charge in [0.25, 0.3) is 0 Å². The molecule has 1 atom stereocenters. The first-order chi connectivity index (χ1) is 11.8. The highest BCUT2D eigenvalue weighted by atomic mass is 16.5. The third-order valence-corrected chi connectivity index (χ3v) is 4.25. The molecule has 0 spiro atoms. The normalized spacial score (nSPS) is 18.2. The predicted octanol–water partition coefficient (Wildman–Crippen LogP) is 2.39. The lowest BCUT2D eigenvalue weighted by Crippen LogP contribution is -2.39. The molecular weight excluding hydrogens is 304 g/mol. The second-order valence-corrected chi connectivity index (χ2v) is 6.00. The molecule has 24 heavy (non-hydrogen) atoms. The Morgan fingerprint density at radius 1 is 1.42 bits per heavy atom. The van der Waals surface area contributed by atoms with E-state index < -0.39 is 0 Å². The number of methoxy groups -OCH3 is 1. The van der Waals surface area contributed by atoms with Gasteiger partial charge in [-0.05, 0) is 6.42 Å². The molecule has 3 rings (SSSR count). The summed E-state index contributed by atoms with van der Waals surface area (Å²) >= 11 is 0. The van der Waals surface area contributed by atoms with Crippen molar-refractivity contribution >= 4 is 5.96 Å². The van der Waals surface area contributed by atoms with Gasteiger partial charge in [0.1, 0.15) is 5.69 Å². The molecule has 1 saturated heterocycles. The minimum atomic E-state index is 0.567. The Morgan fingerprint density at radius 3 is 3.00 bits per heavy atom. The summed E-state index contributed by atoms with van der Waals surface area (Å²) in [6.45, 7) is 3.34. The zero-order valence-electron chi connectivity index (χ0n) is 14.2. The number of rotatable bonds is 5. The maximum atomic E-state index is 5.43. The summed E-state index contributed by atoms with van der Waals surface area (Å²) in [5.41, 5.74) is 1.91. The summed E-state index contributed by atoms with van der Waals surface area (Å²) in [5.74, 6) is 2.26. The number of likely N-dealkylation sites (tertiary alicyclic amines) is 1. The molecule has 2 heterocycles. The van der Waals surface area contributed by atoms with E-state index in [0.717, 1.165) is 49.1 Å². The van der Waals surface area contributed by atoms with Gasteiger partial charge in [0.05, 0.1) is 13.2 Å². The Hall–Kier alpha value is -2.34. The third-order valence-electron chi connectivity index (χ3n) is 4.25. The smallest absolute Gasteiger partial charge is 0.194 e. The maximum Gasteiger partial charge on any atom is 0.194 e. The van der Waals surface area contributed by atoms with Gasteiger partial charge < -0.3 is 19.5 Å². The third kappa shape index (κ3) is 3.94. The average molecular weight is 328 g/mol. The first kappa shape index (κ1) is 16.5. The summed E-state index contributed by atoms with van der Waals surface area (Å²) in [6, 6.07) is 12.0. The van der Waals surface area contributed by atoms with Crippen LogP contribution in [0.5, 0.6) is 0 Å². The summed E-state index contributed by atoms with van der Waals surface area (Å²) in [6.07, 6.45) is 1.13. The van der Waals surface area contributed by atoms with Crippen LogP contribution in [0.2, 0.25) is 0 Å². The number of benzene rings is 1. The van der Waals surface area contributed by atoms with Crippen molar-refractivity contribution in [2.45, 2.75) is 13.0 Å². The number of aromatic nitrogens is 1. The predicted molar refractivity (Wildman–Crippen MR) is 93.7 cm³/mol. The Labute approximate surface area is 142 Å². The van der Waals surface area contributed by atoms with E-state index >= 15 is 0 Å². The number of hydrogen-bond acceptors (Lipinski definition) is 4. The highest BCUT2D eigenvalue weighted by Gasteiger charge is 2.24. The average Bonchev–Trinajstić information content (AvgIpc) is 3.27. The van der Waals surface area contributed by atoms with E-state index in [2.05, 4.69) is 20.4 Å². The van der Waals surface area contributed by atoms with Crippen LogP contribution in [-0.2, 0) is 11.3 Å². The molecule has 0 aliphatic carbocycles. The van der Waals surface area contributed by atoms with Gasteiger partial charge in [-0.1, -0.05) is 35.5 Å². The molecule has 6 nitrogen and oxygen atoms in total. The fraction of sp³-hybridized carbons (Fsp3) is 0.444. The highest BCUT2D eigenvalue weighted by molar-refractivity contribution is 5.80. The molecule has 0 saturated carbocycles. The van der Waals surface area contributed by atoms with Gasteiger partial charge in [0.15, 0.2) is 11.7 Å². The largest absolute Gasteiger partial charge is 0.384 e. The van der Waals surface area contributed by atoms with Crippen molar-refractivity contribution in [3.05, 3.63) is 42.2 Å². The Morgan fingerprint density at radius 2 is 2.25 bits per heavy atom. The van der Waals surface area contributed by atoms with Gasteiger partial charge in [0.2, 0.25) is 0 Å². The number of nitrogens with one attached hydrogen (secondary N) is 1. The lowest BCUT2D eigenvalue weighted by molar-refractivity contribution is 0.157. The lowest BCUT2D eigenvalue weighted by Gasteiger charge is -2.21. The van der Waals surface area contributed by atoms with E-state index in [9.17, 15) is 0 Å². The molecule has 1 aromatic carbocycles.